The summed E-state index contributed by atoms with van der Waals surface area (Å²) >= 11 is 0. The lowest BCUT2D eigenvalue weighted by Crippen LogP contribution is -2.36. The molecule has 1 aromatic heterocycles. The van der Waals surface area contributed by atoms with Crippen LogP contribution >= 0.6 is 0 Å². The summed E-state index contributed by atoms with van der Waals surface area (Å²) in [6.45, 7) is 4.65. The molecule has 0 radical (unpaired) electrons. The third-order valence-corrected chi connectivity index (χ3v) is 5.79. The second-order valence-corrected chi connectivity index (χ2v) is 8.11. The summed E-state index contributed by atoms with van der Waals surface area (Å²) in [5.41, 5.74) is 2.15. The van der Waals surface area contributed by atoms with Gasteiger partial charge in [0.05, 0.1) is 13.2 Å². The molecule has 1 aliphatic heterocycles. The van der Waals surface area contributed by atoms with Crippen molar-refractivity contribution in [1.29, 1.82) is 0 Å². The minimum Gasteiger partial charge on any atom is -0.464 e. The van der Waals surface area contributed by atoms with Crippen LogP contribution in [-0.2, 0) is 14.3 Å². The molecule has 6 nitrogen and oxygen atoms in total. The molecule has 0 N–H and O–H groups in total. The Morgan fingerprint density at radius 2 is 1.58 bits per heavy atom. The highest BCUT2D eigenvalue weighted by Gasteiger charge is 2.22. The molecule has 0 bridgehead atoms. The zero-order chi connectivity index (χ0) is 22.9. The molecule has 172 valence electrons. The SMILES string of the molecule is CCOC(=O)COCC1CCN(c2cccc(N(c3ccccc3)c3ccccc3)n2)CC1. The summed E-state index contributed by atoms with van der Waals surface area (Å²) in [7, 11) is 0. The van der Waals surface area contributed by atoms with Gasteiger partial charge in [-0.25, -0.2) is 9.78 Å². The predicted octanol–water partition coefficient (Wildman–Crippen LogP) is 5.35. The first-order valence-corrected chi connectivity index (χ1v) is 11.6. The Labute approximate surface area is 195 Å². The van der Waals surface area contributed by atoms with Gasteiger partial charge in [0.25, 0.3) is 0 Å². The maximum atomic E-state index is 11.4. The van der Waals surface area contributed by atoms with E-state index in [1.54, 1.807) is 6.92 Å². The van der Waals surface area contributed by atoms with Gasteiger partial charge in [0.1, 0.15) is 18.2 Å². The second-order valence-electron chi connectivity index (χ2n) is 8.11. The van der Waals surface area contributed by atoms with E-state index in [1.165, 1.54) is 0 Å². The Kier molecular flexibility index (Phi) is 7.93. The first-order chi connectivity index (χ1) is 16.2. The van der Waals surface area contributed by atoms with Crippen molar-refractivity contribution in [3.05, 3.63) is 78.9 Å². The van der Waals surface area contributed by atoms with Crippen molar-refractivity contribution < 1.29 is 14.3 Å². The van der Waals surface area contributed by atoms with Crippen molar-refractivity contribution >= 4 is 29.0 Å². The minimum absolute atomic E-state index is 0.0342. The summed E-state index contributed by atoms with van der Waals surface area (Å²) in [6, 6.07) is 26.8. The first kappa shape index (κ1) is 22.8. The van der Waals surface area contributed by atoms with E-state index in [4.69, 9.17) is 14.5 Å². The molecule has 0 spiro atoms. The Bertz CT molecular complexity index is 966. The largest absolute Gasteiger partial charge is 0.464 e. The topological polar surface area (TPSA) is 54.9 Å². The van der Waals surface area contributed by atoms with Gasteiger partial charge in [-0.3, -0.25) is 4.90 Å². The summed E-state index contributed by atoms with van der Waals surface area (Å²) in [6.07, 6.45) is 2.02. The molecule has 0 unspecified atom stereocenters. The smallest absolute Gasteiger partial charge is 0.332 e. The molecule has 0 atom stereocenters. The van der Waals surface area contributed by atoms with E-state index in [-0.39, 0.29) is 12.6 Å². The van der Waals surface area contributed by atoms with Gasteiger partial charge in [-0.2, -0.15) is 0 Å². The van der Waals surface area contributed by atoms with Crippen molar-refractivity contribution in [2.45, 2.75) is 19.8 Å². The lowest BCUT2D eigenvalue weighted by molar-refractivity contribution is -0.148. The summed E-state index contributed by atoms with van der Waals surface area (Å²) in [5.74, 6) is 2.03. The molecule has 0 aliphatic carbocycles. The number of piperidine rings is 1. The maximum absolute atomic E-state index is 11.4. The lowest BCUT2D eigenvalue weighted by atomic mass is 9.98. The number of rotatable bonds is 9. The zero-order valence-electron chi connectivity index (χ0n) is 19.1. The van der Waals surface area contributed by atoms with Crippen LogP contribution in [0.25, 0.3) is 0 Å². The van der Waals surface area contributed by atoms with Gasteiger partial charge in [-0.05, 0) is 62.1 Å². The number of benzene rings is 2. The Balaban J connectivity index is 1.43. The Morgan fingerprint density at radius 1 is 0.939 bits per heavy atom. The molecule has 0 amide bonds. The number of anilines is 4. The van der Waals surface area contributed by atoms with Crippen LogP contribution in [0.4, 0.5) is 23.0 Å². The summed E-state index contributed by atoms with van der Waals surface area (Å²) in [5, 5.41) is 0. The van der Waals surface area contributed by atoms with Crippen LogP contribution in [0.15, 0.2) is 78.9 Å². The fourth-order valence-electron chi connectivity index (χ4n) is 4.12. The number of nitrogens with zero attached hydrogens (tertiary/aromatic N) is 3. The number of ether oxygens (including phenoxy) is 2. The van der Waals surface area contributed by atoms with E-state index in [2.05, 4.69) is 52.3 Å². The van der Waals surface area contributed by atoms with Crippen molar-refractivity contribution in [2.24, 2.45) is 5.92 Å². The van der Waals surface area contributed by atoms with E-state index < -0.39 is 0 Å². The molecule has 1 fully saturated rings. The number of aromatic nitrogens is 1. The summed E-state index contributed by atoms with van der Waals surface area (Å²) in [4.78, 5) is 21.0. The van der Waals surface area contributed by atoms with E-state index in [0.717, 1.165) is 48.9 Å². The average molecular weight is 446 g/mol. The van der Waals surface area contributed by atoms with E-state index in [1.807, 2.05) is 36.4 Å². The van der Waals surface area contributed by atoms with Gasteiger partial charge in [0.15, 0.2) is 0 Å². The van der Waals surface area contributed by atoms with Gasteiger partial charge in [-0.15, -0.1) is 0 Å². The quantitative estimate of drug-likeness (QED) is 0.414. The highest BCUT2D eigenvalue weighted by atomic mass is 16.6. The number of pyridine rings is 1. The number of carbonyl (C=O) groups excluding carboxylic acids is 1. The maximum Gasteiger partial charge on any atom is 0.332 e. The molecule has 2 aromatic carbocycles. The fraction of sp³-hybridized carbons (Fsp3) is 0.333. The predicted molar refractivity (Wildman–Crippen MR) is 131 cm³/mol. The van der Waals surface area contributed by atoms with Gasteiger partial charge < -0.3 is 14.4 Å². The normalized spacial score (nSPS) is 14.2. The molecule has 6 heteroatoms. The van der Waals surface area contributed by atoms with E-state index >= 15 is 0 Å². The second kappa shape index (κ2) is 11.5. The third-order valence-electron chi connectivity index (χ3n) is 5.79. The molecule has 2 heterocycles. The molecule has 33 heavy (non-hydrogen) atoms. The van der Waals surface area contributed by atoms with Gasteiger partial charge >= 0.3 is 5.97 Å². The van der Waals surface area contributed by atoms with Crippen LogP contribution in [-0.4, -0.2) is 43.9 Å². The number of hydrogen-bond acceptors (Lipinski definition) is 6. The third kappa shape index (κ3) is 6.11. The molecular formula is C27H31N3O3. The summed E-state index contributed by atoms with van der Waals surface area (Å²) < 4.78 is 10.5. The van der Waals surface area contributed by atoms with Gasteiger partial charge in [-0.1, -0.05) is 42.5 Å². The zero-order valence-corrected chi connectivity index (χ0v) is 19.1. The first-order valence-electron chi connectivity index (χ1n) is 11.6. The van der Waals surface area contributed by atoms with Crippen molar-refractivity contribution in [1.82, 2.24) is 4.98 Å². The van der Waals surface area contributed by atoms with Crippen LogP contribution in [0, 0.1) is 5.92 Å². The monoisotopic (exact) mass is 445 g/mol. The number of carbonyl (C=O) groups is 1. The van der Waals surface area contributed by atoms with Crippen LogP contribution < -0.4 is 9.80 Å². The van der Waals surface area contributed by atoms with Crippen LogP contribution in [0.2, 0.25) is 0 Å². The van der Waals surface area contributed by atoms with Crippen molar-refractivity contribution in [2.75, 3.05) is 42.7 Å². The van der Waals surface area contributed by atoms with Gasteiger partial charge in [0.2, 0.25) is 0 Å². The van der Waals surface area contributed by atoms with Crippen LogP contribution in [0.3, 0.4) is 0 Å². The van der Waals surface area contributed by atoms with Crippen LogP contribution in [0.1, 0.15) is 19.8 Å². The van der Waals surface area contributed by atoms with Crippen molar-refractivity contribution in [3.63, 3.8) is 0 Å². The number of esters is 1. The Hall–Kier alpha value is -3.38. The highest BCUT2D eigenvalue weighted by molar-refractivity contribution is 5.75. The number of para-hydroxylation sites is 2. The van der Waals surface area contributed by atoms with Crippen molar-refractivity contribution in [3.8, 4) is 0 Å². The number of hydrogen-bond donors (Lipinski definition) is 0. The van der Waals surface area contributed by atoms with E-state index in [0.29, 0.717) is 19.1 Å². The molecule has 1 aliphatic rings. The standard InChI is InChI=1S/C27H31N3O3/c1-2-33-27(31)21-32-20-22-16-18-29(19-17-22)25-14-9-15-26(28-25)30(23-10-5-3-6-11-23)24-12-7-4-8-13-24/h3-15,22H,2,16-21H2,1H3. The highest BCUT2D eigenvalue weighted by Crippen LogP contribution is 2.34. The molecular weight excluding hydrogens is 414 g/mol. The van der Waals surface area contributed by atoms with E-state index in [9.17, 15) is 4.79 Å². The van der Waals surface area contributed by atoms with Crippen LogP contribution in [0.5, 0.6) is 0 Å². The minimum atomic E-state index is -0.294. The molecule has 3 aromatic rings. The molecule has 4 rings (SSSR count). The Morgan fingerprint density at radius 3 is 2.18 bits per heavy atom. The molecule has 0 saturated carbocycles. The molecule has 1 saturated heterocycles. The average Bonchev–Trinajstić information content (AvgIpc) is 2.86. The van der Waals surface area contributed by atoms with Gasteiger partial charge in [0, 0.05) is 24.5 Å². The lowest BCUT2D eigenvalue weighted by Gasteiger charge is -2.33. The fourth-order valence-corrected chi connectivity index (χ4v) is 4.12.